The number of rotatable bonds is 2. The molecule has 1 heterocycles. The van der Waals surface area contributed by atoms with Gasteiger partial charge in [0, 0.05) is 11.8 Å². The lowest BCUT2D eigenvalue weighted by Crippen LogP contribution is -1.99. The highest BCUT2D eigenvalue weighted by Gasteiger charge is 2.18. The Kier molecular flexibility index (Phi) is 13.6. The second-order valence-electron chi connectivity index (χ2n) is 12.2. The van der Waals surface area contributed by atoms with Crippen molar-refractivity contribution in [3.8, 4) is 0 Å². The highest BCUT2D eigenvalue weighted by molar-refractivity contribution is 7.18. The second kappa shape index (κ2) is 17.4. The Hall–Kier alpha value is -1.15. The molecule has 2 aliphatic carbocycles. The lowest BCUT2D eigenvalue weighted by Gasteiger charge is -2.14. The van der Waals surface area contributed by atoms with Crippen LogP contribution in [0, 0.1) is 0 Å². The summed E-state index contributed by atoms with van der Waals surface area (Å²) in [6.45, 7) is 0. The normalized spacial score (nSPS) is 23.8. The van der Waals surface area contributed by atoms with Crippen LogP contribution < -0.4 is 0 Å². The number of thiazole rings is 1. The molecule has 0 radical (unpaired) electrons. The van der Waals surface area contributed by atoms with Crippen LogP contribution in [0.5, 0.6) is 0 Å². The Labute approximate surface area is 232 Å². The maximum absolute atomic E-state index is 5.23. The van der Waals surface area contributed by atoms with E-state index in [4.69, 9.17) is 4.98 Å². The van der Waals surface area contributed by atoms with Gasteiger partial charge in [0.25, 0.3) is 0 Å². The SMILES string of the molecule is C1=CC(c2ccc3nc(C4CCCCCCCCCCCCCC4)sc3c2)CCCCCCCCCC1. The molecule has 1 unspecified atom stereocenters. The summed E-state index contributed by atoms with van der Waals surface area (Å²) in [5.74, 6) is 1.25. The fourth-order valence-corrected chi connectivity index (χ4v) is 7.81. The van der Waals surface area contributed by atoms with E-state index in [0.717, 1.165) is 0 Å². The van der Waals surface area contributed by atoms with Crippen LogP contribution in [0.2, 0.25) is 0 Å². The largest absolute Gasteiger partial charge is 0.241 e. The first kappa shape index (κ1) is 28.8. The first-order valence-corrected chi connectivity index (χ1v) is 17.3. The van der Waals surface area contributed by atoms with E-state index in [0.29, 0.717) is 11.8 Å². The van der Waals surface area contributed by atoms with E-state index in [1.807, 2.05) is 11.3 Å². The molecule has 1 nitrogen and oxygen atoms in total. The van der Waals surface area contributed by atoms with Crippen LogP contribution in [0.25, 0.3) is 10.2 Å². The van der Waals surface area contributed by atoms with Gasteiger partial charge in [0.15, 0.2) is 0 Å². The summed E-state index contributed by atoms with van der Waals surface area (Å²) in [4.78, 5) is 5.23. The van der Waals surface area contributed by atoms with Crippen LogP contribution in [0.3, 0.4) is 0 Å². The molecule has 2 aromatic rings. The Bertz CT molecular complexity index is 880. The molecule has 0 spiro atoms. The van der Waals surface area contributed by atoms with E-state index in [1.165, 1.54) is 175 Å². The van der Waals surface area contributed by atoms with Crippen molar-refractivity contribution in [3.05, 3.63) is 40.9 Å². The molecule has 206 valence electrons. The van der Waals surface area contributed by atoms with Gasteiger partial charge in [-0.2, -0.15) is 0 Å². The minimum Gasteiger partial charge on any atom is -0.241 e. The maximum atomic E-state index is 5.23. The van der Waals surface area contributed by atoms with E-state index in [-0.39, 0.29) is 0 Å². The molecule has 4 rings (SSSR count). The van der Waals surface area contributed by atoms with E-state index >= 15 is 0 Å². The summed E-state index contributed by atoms with van der Waals surface area (Å²) in [6, 6.07) is 7.25. The van der Waals surface area contributed by atoms with Gasteiger partial charge in [-0.05, 0) is 49.8 Å². The number of hydrogen-bond donors (Lipinski definition) is 0. The van der Waals surface area contributed by atoms with Crippen LogP contribution in [-0.2, 0) is 0 Å². The van der Waals surface area contributed by atoms with Crippen molar-refractivity contribution in [1.82, 2.24) is 4.98 Å². The van der Waals surface area contributed by atoms with Crippen LogP contribution in [0.1, 0.15) is 177 Å². The van der Waals surface area contributed by atoms with Gasteiger partial charge in [0.2, 0.25) is 0 Å². The van der Waals surface area contributed by atoms with Gasteiger partial charge in [0.05, 0.1) is 15.2 Å². The predicted octanol–water partition coefficient (Wildman–Crippen LogP) is 12.4. The summed E-state index contributed by atoms with van der Waals surface area (Å²) >= 11 is 2.02. The Morgan fingerprint density at radius 1 is 0.568 bits per heavy atom. The number of aromatic nitrogens is 1. The quantitative estimate of drug-likeness (QED) is 0.358. The molecule has 1 aromatic carbocycles. The van der Waals surface area contributed by atoms with E-state index in [1.54, 1.807) is 0 Å². The summed E-state index contributed by atoms with van der Waals surface area (Å²) in [6.07, 6.45) is 38.8. The average Bonchev–Trinajstić information content (AvgIpc) is 3.34. The van der Waals surface area contributed by atoms with Gasteiger partial charge in [-0.15, -0.1) is 11.3 Å². The Morgan fingerprint density at radius 2 is 1.08 bits per heavy atom. The highest BCUT2D eigenvalue weighted by atomic mass is 32.1. The molecule has 0 aliphatic heterocycles. The van der Waals surface area contributed by atoms with Crippen LogP contribution in [-0.4, -0.2) is 4.98 Å². The molecule has 37 heavy (non-hydrogen) atoms. The van der Waals surface area contributed by atoms with Gasteiger partial charge in [-0.25, -0.2) is 4.98 Å². The molecule has 1 fully saturated rings. The van der Waals surface area contributed by atoms with Gasteiger partial charge in [0.1, 0.15) is 0 Å². The van der Waals surface area contributed by atoms with Gasteiger partial charge >= 0.3 is 0 Å². The average molecular weight is 522 g/mol. The van der Waals surface area contributed by atoms with E-state index < -0.39 is 0 Å². The number of hydrogen-bond acceptors (Lipinski definition) is 2. The lowest BCUT2D eigenvalue weighted by molar-refractivity contribution is 0.492. The molecule has 2 aliphatic rings. The summed E-state index contributed by atoms with van der Waals surface area (Å²) in [5, 5.41) is 1.43. The van der Waals surface area contributed by atoms with Crippen molar-refractivity contribution in [1.29, 1.82) is 0 Å². The number of fused-ring (bicyclic) bond motifs is 1. The van der Waals surface area contributed by atoms with Crippen molar-refractivity contribution in [2.75, 3.05) is 0 Å². The zero-order valence-electron chi connectivity index (χ0n) is 23.9. The smallest absolute Gasteiger partial charge is 0.0969 e. The molecular weight excluding hydrogens is 466 g/mol. The van der Waals surface area contributed by atoms with E-state index in [2.05, 4.69) is 30.4 Å². The minimum atomic E-state index is 0.578. The van der Waals surface area contributed by atoms with Crippen LogP contribution in [0.4, 0.5) is 0 Å². The first-order chi connectivity index (χ1) is 18.4. The van der Waals surface area contributed by atoms with Gasteiger partial charge in [-0.1, -0.05) is 140 Å². The molecular formula is C35H55NS. The third-order valence-electron chi connectivity index (χ3n) is 9.07. The molecule has 0 amide bonds. The molecule has 2 heteroatoms. The van der Waals surface area contributed by atoms with Crippen molar-refractivity contribution in [3.63, 3.8) is 0 Å². The van der Waals surface area contributed by atoms with Gasteiger partial charge < -0.3 is 0 Å². The van der Waals surface area contributed by atoms with Gasteiger partial charge in [-0.3, -0.25) is 0 Å². The summed E-state index contributed by atoms with van der Waals surface area (Å²) in [7, 11) is 0. The van der Waals surface area contributed by atoms with Crippen molar-refractivity contribution < 1.29 is 0 Å². The van der Waals surface area contributed by atoms with Crippen LogP contribution in [0.15, 0.2) is 30.4 Å². The Balaban J connectivity index is 1.43. The summed E-state index contributed by atoms with van der Waals surface area (Å²) in [5.41, 5.74) is 2.77. The number of allylic oxidation sites excluding steroid dienone is 2. The highest BCUT2D eigenvalue weighted by Crippen LogP contribution is 2.36. The predicted molar refractivity (Wildman–Crippen MR) is 165 cm³/mol. The van der Waals surface area contributed by atoms with Crippen molar-refractivity contribution in [2.45, 2.75) is 166 Å². The zero-order chi connectivity index (χ0) is 25.4. The maximum Gasteiger partial charge on any atom is 0.0969 e. The monoisotopic (exact) mass is 521 g/mol. The molecule has 1 aromatic heterocycles. The molecule has 0 saturated heterocycles. The number of benzene rings is 1. The first-order valence-electron chi connectivity index (χ1n) is 16.5. The van der Waals surface area contributed by atoms with Crippen molar-refractivity contribution in [2.24, 2.45) is 0 Å². The Morgan fingerprint density at radius 3 is 1.68 bits per heavy atom. The third-order valence-corrected chi connectivity index (χ3v) is 10.2. The minimum absolute atomic E-state index is 0.578. The fourth-order valence-electron chi connectivity index (χ4n) is 6.63. The topological polar surface area (TPSA) is 12.9 Å². The standard InChI is InChI=1S/C35H55NS/c1-2-4-10-14-18-22-26-31(25-21-17-13-9-3-1)35-36-33-28-27-32(29-34(33)37-35)30-23-19-15-11-7-5-6-8-12-16-20-24-30/h19,23,27-31H,1-18,20-22,24-26H2. The third kappa shape index (κ3) is 10.5. The molecule has 0 bridgehead atoms. The van der Waals surface area contributed by atoms with Crippen LogP contribution >= 0.6 is 11.3 Å². The molecule has 1 atom stereocenters. The summed E-state index contributed by atoms with van der Waals surface area (Å²) < 4.78 is 1.43. The lowest BCUT2D eigenvalue weighted by atomic mass is 9.92. The molecule has 0 N–H and O–H groups in total. The second-order valence-corrected chi connectivity index (χ2v) is 13.3. The number of nitrogens with zero attached hydrogens (tertiary/aromatic N) is 1. The van der Waals surface area contributed by atoms with E-state index in [9.17, 15) is 0 Å². The molecule has 1 saturated carbocycles. The van der Waals surface area contributed by atoms with Crippen molar-refractivity contribution >= 4 is 21.6 Å². The zero-order valence-corrected chi connectivity index (χ0v) is 24.7. The fraction of sp³-hybridized carbons (Fsp3) is 0.743.